The molecule has 2 fully saturated rings. The minimum absolute atomic E-state index is 0.525. The van der Waals surface area contributed by atoms with Crippen LogP contribution < -0.4 is 10.6 Å². The van der Waals surface area contributed by atoms with Gasteiger partial charge >= 0.3 is 0 Å². The minimum atomic E-state index is 0.525. The standard InChI is InChI=1S/C13H20N4/c1-9-12(5-14)6-15-13(16-9)17-7-10-3-2-4-11(10)8-17/h6,10-11H,2-5,7-8,14H2,1H3. The molecule has 0 spiro atoms. The molecule has 2 atom stereocenters. The van der Waals surface area contributed by atoms with Crippen LogP contribution in [0.4, 0.5) is 5.95 Å². The van der Waals surface area contributed by atoms with Gasteiger partial charge in [0.05, 0.1) is 0 Å². The van der Waals surface area contributed by atoms with Crippen LogP contribution in [0.5, 0.6) is 0 Å². The number of nitrogens with zero attached hydrogens (tertiary/aromatic N) is 3. The van der Waals surface area contributed by atoms with E-state index in [0.717, 1.165) is 42.1 Å². The van der Waals surface area contributed by atoms with Gasteiger partial charge in [-0.2, -0.15) is 0 Å². The van der Waals surface area contributed by atoms with Crippen molar-refractivity contribution in [3.05, 3.63) is 17.5 Å². The van der Waals surface area contributed by atoms with E-state index in [-0.39, 0.29) is 0 Å². The van der Waals surface area contributed by atoms with Gasteiger partial charge in [-0.05, 0) is 31.6 Å². The summed E-state index contributed by atoms with van der Waals surface area (Å²) >= 11 is 0. The maximum absolute atomic E-state index is 5.64. The molecule has 0 aromatic carbocycles. The Hall–Kier alpha value is -1.16. The number of hydrogen-bond acceptors (Lipinski definition) is 4. The first-order valence-corrected chi connectivity index (χ1v) is 6.55. The first kappa shape index (κ1) is 11.0. The number of rotatable bonds is 2. The van der Waals surface area contributed by atoms with Gasteiger partial charge in [0.15, 0.2) is 0 Å². The maximum Gasteiger partial charge on any atom is 0.225 e. The highest BCUT2D eigenvalue weighted by Crippen LogP contribution is 2.38. The Morgan fingerprint density at radius 2 is 2.06 bits per heavy atom. The summed E-state index contributed by atoms with van der Waals surface area (Å²) in [6, 6.07) is 0. The molecule has 4 heteroatoms. The van der Waals surface area contributed by atoms with E-state index in [1.807, 2.05) is 13.1 Å². The lowest BCUT2D eigenvalue weighted by atomic mass is 10.0. The van der Waals surface area contributed by atoms with Crippen LogP contribution in [-0.4, -0.2) is 23.1 Å². The number of aromatic nitrogens is 2. The maximum atomic E-state index is 5.64. The Labute approximate surface area is 102 Å². The zero-order valence-electron chi connectivity index (χ0n) is 10.4. The number of fused-ring (bicyclic) bond motifs is 1. The Morgan fingerprint density at radius 3 is 2.65 bits per heavy atom. The summed E-state index contributed by atoms with van der Waals surface area (Å²) in [6.45, 7) is 4.83. The number of anilines is 1. The first-order valence-electron chi connectivity index (χ1n) is 6.55. The molecule has 1 aliphatic carbocycles. The second-order valence-electron chi connectivity index (χ2n) is 5.34. The van der Waals surface area contributed by atoms with Crippen LogP contribution in [0.1, 0.15) is 30.5 Å². The average molecular weight is 232 g/mol. The molecule has 4 nitrogen and oxygen atoms in total. The van der Waals surface area contributed by atoms with E-state index in [1.54, 1.807) is 0 Å². The van der Waals surface area contributed by atoms with Crippen molar-refractivity contribution in [2.75, 3.05) is 18.0 Å². The van der Waals surface area contributed by atoms with Crippen molar-refractivity contribution in [2.45, 2.75) is 32.7 Å². The van der Waals surface area contributed by atoms with Crippen molar-refractivity contribution in [2.24, 2.45) is 17.6 Å². The number of aryl methyl sites for hydroxylation is 1. The fourth-order valence-electron chi connectivity index (χ4n) is 3.23. The van der Waals surface area contributed by atoms with Crippen LogP contribution in [0.15, 0.2) is 6.20 Å². The molecule has 1 saturated heterocycles. The van der Waals surface area contributed by atoms with E-state index < -0.39 is 0 Å². The van der Waals surface area contributed by atoms with Crippen LogP contribution in [-0.2, 0) is 6.54 Å². The van der Waals surface area contributed by atoms with E-state index >= 15 is 0 Å². The van der Waals surface area contributed by atoms with Gasteiger partial charge in [-0.3, -0.25) is 0 Å². The fraction of sp³-hybridized carbons (Fsp3) is 0.692. The second-order valence-corrected chi connectivity index (χ2v) is 5.34. The SMILES string of the molecule is Cc1nc(N2CC3CCCC3C2)ncc1CN. The molecule has 2 aliphatic rings. The van der Waals surface area contributed by atoms with Crippen LogP contribution >= 0.6 is 0 Å². The zero-order valence-corrected chi connectivity index (χ0v) is 10.4. The van der Waals surface area contributed by atoms with E-state index in [1.165, 1.54) is 19.3 Å². The lowest BCUT2D eigenvalue weighted by Crippen LogP contribution is -2.23. The summed E-state index contributed by atoms with van der Waals surface area (Å²) in [6.07, 6.45) is 6.07. The van der Waals surface area contributed by atoms with E-state index in [9.17, 15) is 0 Å². The van der Waals surface area contributed by atoms with Crippen molar-refractivity contribution in [3.63, 3.8) is 0 Å². The highest BCUT2D eigenvalue weighted by molar-refractivity contribution is 5.35. The molecule has 0 radical (unpaired) electrons. The minimum Gasteiger partial charge on any atom is -0.340 e. The summed E-state index contributed by atoms with van der Waals surface area (Å²) in [5.41, 5.74) is 7.71. The zero-order chi connectivity index (χ0) is 11.8. The van der Waals surface area contributed by atoms with Gasteiger partial charge in [0.2, 0.25) is 5.95 Å². The van der Waals surface area contributed by atoms with Crippen LogP contribution in [0.25, 0.3) is 0 Å². The Bertz CT molecular complexity index is 406. The van der Waals surface area contributed by atoms with Crippen molar-refractivity contribution >= 4 is 5.95 Å². The first-order chi connectivity index (χ1) is 8.28. The quantitative estimate of drug-likeness (QED) is 0.839. The highest BCUT2D eigenvalue weighted by Gasteiger charge is 2.36. The normalized spacial score (nSPS) is 27.5. The average Bonchev–Trinajstić information content (AvgIpc) is 2.88. The lowest BCUT2D eigenvalue weighted by Gasteiger charge is -2.18. The molecule has 0 bridgehead atoms. The molecule has 1 aliphatic heterocycles. The van der Waals surface area contributed by atoms with Gasteiger partial charge < -0.3 is 10.6 Å². The summed E-state index contributed by atoms with van der Waals surface area (Å²) in [5, 5.41) is 0. The van der Waals surface area contributed by atoms with Crippen molar-refractivity contribution in [3.8, 4) is 0 Å². The molecule has 1 aromatic rings. The Morgan fingerprint density at radius 1 is 1.35 bits per heavy atom. The third-order valence-corrected chi connectivity index (χ3v) is 4.30. The Balaban J connectivity index is 1.79. The third-order valence-electron chi connectivity index (χ3n) is 4.30. The van der Waals surface area contributed by atoms with Gasteiger partial charge in [-0.25, -0.2) is 9.97 Å². The van der Waals surface area contributed by atoms with Crippen LogP contribution in [0, 0.1) is 18.8 Å². The molecule has 92 valence electrons. The van der Waals surface area contributed by atoms with Gasteiger partial charge in [0, 0.05) is 37.1 Å². The third kappa shape index (κ3) is 1.90. The van der Waals surface area contributed by atoms with Crippen LogP contribution in [0.3, 0.4) is 0 Å². The smallest absolute Gasteiger partial charge is 0.225 e. The summed E-state index contributed by atoms with van der Waals surface area (Å²) in [7, 11) is 0. The van der Waals surface area contributed by atoms with E-state index in [0.29, 0.717) is 6.54 Å². The van der Waals surface area contributed by atoms with Gasteiger partial charge in [0.1, 0.15) is 0 Å². The van der Waals surface area contributed by atoms with E-state index in [2.05, 4.69) is 14.9 Å². The summed E-state index contributed by atoms with van der Waals surface area (Å²) in [5.74, 6) is 2.66. The molecule has 2 unspecified atom stereocenters. The fourth-order valence-corrected chi connectivity index (χ4v) is 3.23. The summed E-state index contributed by atoms with van der Waals surface area (Å²) < 4.78 is 0. The van der Waals surface area contributed by atoms with Gasteiger partial charge in [-0.1, -0.05) is 6.42 Å². The molecule has 2 N–H and O–H groups in total. The molecule has 2 heterocycles. The van der Waals surface area contributed by atoms with E-state index in [4.69, 9.17) is 5.73 Å². The molecule has 1 aromatic heterocycles. The predicted molar refractivity (Wildman–Crippen MR) is 67.7 cm³/mol. The lowest BCUT2D eigenvalue weighted by molar-refractivity contribution is 0.494. The van der Waals surface area contributed by atoms with Crippen molar-refractivity contribution < 1.29 is 0 Å². The van der Waals surface area contributed by atoms with Crippen molar-refractivity contribution in [1.82, 2.24) is 9.97 Å². The number of nitrogens with two attached hydrogens (primary N) is 1. The Kier molecular flexibility index (Phi) is 2.74. The highest BCUT2D eigenvalue weighted by atomic mass is 15.3. The molecule has 3 rings (SSSR count). The number of hydrogen-bond donors (Lipinski definition) is 1. The molecule has 0 amide bonds. The molecule has 17 heavy (non-hydrogen) atoms. The van der Waals surface area contributed by atoms with Crippen molar-refractivity contribution in [1.29, 1.82) is 0 Å². The molecule has 1 saturated carbocycles. The van der Waals surface area contributed by atoms with Gasteiger partial charge in [-0.15, -0.1) is 0 Å². The predicted octanol–water partition coefficient (Wildman–Crippen LogP) is 1.48. The molecular formula is C13H20N4. The van der Waals surface area contributed by atoms with Crippen LogP contribution in [0.2, 0.25) is 0 Å². The summed E-state index contributed by atoms with van der Waals surface area (Å²) in [4.78, 5) is 11.4. The topological polar surface area (TPSA) is 55.0 Å². The van der Waals surface area contributed by atoms with Gasteiger partial charge in [0.25, 0.3) is 0 Å². The molecular weight excluding hydrogens is 212 g/mol. The largest absolute Gasteiger partial charge is 0.340 e. The monoisotopic (exact) mass is 232 g/mol. The second kappa shape index (κ2) is 4.26.